The van der Waals surface area contributed by atoms with E-state index >= 15 is 0 Å². The Morgan fingerprint density at radius 1 is 1.43 bits per heavy atom. The van der Waals surface area contributed by atoms with Crippen LogP contribution in [-0.2, 0) is 0 Å². The first-order valence-corrected chi connectivity index (χ1v) is 8.28. The van der Waals surface area contributed by atoms with Gasteiger partial charge in [-0.25, -0.2) is 0 Å². The third-order valence-corrected chi connectivity index (χ3v) is 4.74. The monoisotopic (exact) mass is 310 g/mol. The van der Waals surface area contributed by atoms with E-state index < -0.39 is 0 Å². The molecule has 0 saturated carbocycles. The van der Waals surface area contributed by atoms with Crippen LogP contribution >= 0.6 is 11.6 Å². The van der Waals surface area contributed by atoms with Gasteiger partial charge in [-0.2, -0.15) is 0 Å². The lowest BCUT2D eigenvalue weighted by atomic mass is 9.97. The van der Waals surface area contributed by atoms with Gasteiger partial charge in [-0.3, -0.25) is 0 Å². The second-order valence-corrected chi connectivity index (χ2v) is 6.40. The van der Waals surface area contributed by atoms with Gasteiger partial charge in [0.05, 0.1) is 12.8 Å². The number of benzene rings is 1. The van der Waals surface area contributed by atoms with E-state index in [1.54, 1.807) is 7.11 Å². The second-order valence-electron chi connectivity index (χ2n) is 5.99. The van der Waals surface area contributed by atoms with Crippen LogP contribution in [0.4, 0.5) is 5.69 Å². The van der Waals surface area contributed by atoms with Crippen LogP contribution in [0.15, 0.2) is 12.1 Å². The molecular formula is C17H27ClN2O. The van der Waals surface area contributed by atoms with Gasteiger partial charge in [0, 0.05) is 29.7 Å². The van der Waals surface area contributed by atoms with Gasteiger partial charge in [0.2, 0.25) is 0 Å². The first kappa shape index (κ1) is 16.4. The molecule has 0 aromatic heterocycles. The molecule has 0 bridgehead atoms. The van der Waals surface area contributed by atoms with Crippen molar-refractivity contribution >= 4 is 17.3 Å². The van der Waals surface area contributed by atoms with Gasteiger partial charge in [0.25, 0.3) is 0 Å². The molecule has 21 heavy (non-hydrogen) atoms. The maximum Gasteiger partial charge on any atom is 0.143 e. The Morgan fingerprint density at radius 3 is 2.81 bits per heavy atom. The summed E-state index contributed by atoms with van der Waals surface area (Å²) in [7, 11) is 1.71. The Kier molecular flexibility index (Phi) is 5.77. The molecule has 1 aromatic rings. The van der Waals surface area contributed by atoms with Crippen molar-refractivity contribution < 1.29 is 4.74 Å². The fourth-order valence-corrected chi connectivity index (χ4v) is 3.25. The Balaban J connectivity index is 2.14. The molecule has 1 N–H and O–H groups in total. The standard InChI is InChI=1S/C17H27ClN2O/c1-5-7-19-14-6-8-20(13(3)10-14)16-9-12(2)15(18)11-17(16)21-4/h9,11,13-14,19H,5-8,10H2,1-4H3. The fourth-order valence-electron chi connectivity index (χ4n) is 3.10. The largest absolute Gasteiger partial charge is 0.495 e. The molecule has 1 fully saturated rings. The molecule has 2 unspecified atom stereocenters. The number of hydrogen-bond donors (Lipinski definition) is 1. The number of rotatable bonds is 5. The smallest absolute Gasteiger partial charge is 0.143 e. The molecule has 2 rings (SSSR count). The number of halogens is 1. The van der Waals surface area contributed by atoms with Crippen molar-refractivity contribution in [3.63, 3.8) is 0 Å². The van der Waals surface area contributed by atoms with E-state index in [1.165, 1.54) is 24.9 Å². The summed E-state index contributed by atoms with van der Waals surface area (Å²) in [5.74, 6) is 0.873. The molecule has 1 aliphatic heterocycles. The van der Waals surface area contributed by atoms with E-state index in [1.807, 2.05) is 13.0 Å². The lowest BCUT2D eigenvalue weighted by Crippen LogP contribution is -2.47. The van der Waals surface area contributed by atoms with E-state index in [2.05, 4.69) is 30.1 Å². The molecule has 0 aliphatic carbocycles. The normalized spacial score (nSPS) is 22.4. The van der Waals surface area contributed by atoms with E-state index in [4.69, 9.17) is 16.3 Å². The highest BCUT2D eigenvalue weighted by Gasteiger charge is 2.27. The van der Waals surface area contributed by atoms with Gasteiger partial charge in [-0.1, -0.05) is 18.5 Å². The van der Waals surface area contributed by atoms with Crippen molar-refractivity contribution in [2.24, 2.45) is 0 Å². The third kappa shape index (κ3) is 3.83. The number of anilines is 1. The maximum atomic E-state index is 6.21. The molecule has 1 saturated heterocycles. The van der Waals surface area contributed by atoms with Crippen LogP contribution in [0.3, 0.4) is 0 Å². The number of ether oxygens (including phenoxy) is 1. The van der Waals surface area contributed by atoms with Crippen molar-refractivity contribution in [3.8, 4) is 5.75 Å². The van der Waals surface area contributed by atoms with Crippen LogP contribution < -0.4 is 15.0 Å². The zero-order chi connectivity index (χ0) is 15.4. The molecule has 0 amide bonds. The van der Waals surface area contributed by atoms with E-state index in [-0.39, 0.29) is 0 Å². The van der Waals surface area contributed by atoms with Crippen molar-refractivity contribution in [1.82, 2.24) is 5.32 Å². The summed E-state index contributed by atoms with van der Waals surface area (Å²) in [4.78, 5) is 2.45. The Hall–Kier alpha value is -0.930. The summed E-state index contributed by atoms with van der Waals surface area (Å²) in [5, 5.41) is 4.41. The summed E-state index contributed by atoms with van der Waals surface area (Å²) in [5.41, 5.74) is 2.27. The van der Waals surface area contributed by atoms with Gasteiger partial charge < -0.3 is 15.0 Å². The molecule has 118 valence electrons. The minimum atomic E-state index is 0.502. The lowest BCUT2D eigenvalue weighted by Gasteiger charge is -2.40. The molecular weight excluding hydrogens is 284 g/mol. The molecule has 4 heteroatoms. The van der Waals surface area contributed by atoms with Crippen LogP contribution in [0, 0.1) is 6.92 Å². The topological polar surface area (TPSA) is 24.5 Å². The van der Waals surface area contributed by atoms with E-state index in [9.17, 15) is 0 Å². The van der Waals surface area contributed by atoms with Crippen molar-refractivity contribution in [3.05, 3.63) is 22.7 Å². The minimum absolute atomic E-state index is 0.502. The van der Waals surface area contributed by atoms with Gasteiger partial charge in [-0.15, -0.1) is 0 Å². The Bertz CT molecular complexity index is 478. The van der Waals surface area contributed by atoms with Crippen LogP contribution in [0.5, 0.6) is 5.75 Å². The second kappa shape index (κ2) is 7.37. The lowest BCUT2D eigenvalue weighted by molar-refractivity contribution is 0.362. The Labute approximate surface area is 133 Å². The predicted octanol–water partition coefficient (Wildman–Crippen LogP) is 4.01. The van der Waals surface area contributed by atoms with Crippen LogP contribution in [0.25, 0.3) is 0 Å². The molecule has 1 heterocycles. The van der Waals surface area contributed by atoms with Gasteiger partial charge in [0.15, 0.2) is 0 Å². The molecule has 2 atom stereocenters. The summed E-state index contributed by atoms with van der Waals surface area (Å²) in [6.45, 7) is 8.72. The van der Waals surface area contributed by atoms with Crippen LogP contribution in [-0.4, -0.2) is 32.3 Å². The van der Waals surface area contributed by atoms with Crippen molar-refractivity contribution in [2.75, 3.05) is 25.1 Å². The van der Waals surface area contributed by atoms with Gasteiger partial charge in [0.1, 0.15) is 5.75 Å². The first-order chi connectivity index (χ1) is 10.1. The predicted molar refractivity (Wildman–Crippen MR) is 90.9 cm³/mol. The molecule has 1 aromatic carbocycles. The minimum Gasteiger partial charge on any atom is -0.495 e. The fraction of sp³-hybridized carbons (Fsp3) is 0.647. The number of nitrogens with one attached hydrogen (secondary N) is 1. The molecule has 0 radical (unpaired) electrons. The van der Waals surface area contributed by atoms with Crippen molar-refractivity contribution in [2.45, 2.75) is 52.1 Å². The highest BCUT2D eigenvalue weighted by Crippen LogP contribution is 2.36. The van der Waals surface area contributed by atoms with Crippen LogP contribution in [0.2, 0.25) is 5.02 Å². The number of hydrogen-bond acceptors (Lipinski definition) is 3. The van der Waals surface area contributed by atoms with Crippen LogP contribution in [0.1, 0.15) is 38.7 Å². The SMILES string of the molecule is CCCNC1CCN(c2cc(C)c(Cl)cc2OC)C(C)C1. The van der Waals surface area contributed by atoms with Gasteiger partial charge >= 0.3 is 0 Å². The number of piperidine rings is 1. The average molecular weight is 311 g/mol. The van der Waals surface area contributed by atoms with E-state index in [0.717, 1.165) is 29.4 Å². The van der Waals surface area contributed by atoms with E-state index in [0.29, 0.717) is 12.1 Å². The zero-order valence-corrected chi connectivity index (χ0v) is 14.3. The number of nitrogens with zero attached hydrogens (tertiary/aromatic N) is 1. The molecule has 0 spiro atoms. The summed E-state index contributed by atoms with van der Waals surface area (Å²) in [6.07, 6.45) is 3.54. The summed E-state index contributed by atoms with van der Waals surface area (Å²) < 4.78 is 5.53. The zero-order valence-electron chi connectivity index (χ0n) is 13.6. The van der Waals surface area contributed by atoms with Gasteiger partial charge in [-0.05, 0) is 51.3 Å². The third-order valence-electron chi connectivity index (χ3n) is 4.33. The quantitative estimate of drug-likeness (QED) is 0.889. The molecule has 1 aliphatic rings. The highest BCUT2D eigenvalue weighted by atomic mass is 35.5. The Morgan fingerprint density at radius 2 is 2.19 bits per heavy atom. The summed E-state index contributed by atoms with van der Waals surface area (Å²) in [6, 6.07) is 5.22. The average Bonchev–Trinajstić information content (AvgIpc) is 2.47. The number of aryl methyl sites for hydroxylation is 1. The summed E-state index contributed by atoms with van der Waals surface area (Å²) >= 11 is 6.21. The first-order valence-electron chi connectivity index (χ1n) is 7.91. The molecule has 3 nitrogen and oxygen atoms in total. The maximum absolute atomic E-state index is 6.21. The number of methoxy groups -OCH3 is 1. The van der Waals surface area contributed by atoms with Crippen molar-refractivity contribution in [1.29, 1.82) is 0 Å². The highest BCUT2D eigenvalue weighted by molar-refractivity contribution is 6.31.